The van der Waals surface area contributed by atoms with Gasteiger partial charge in [-0.2, -0.15) is 0 Å². The predicted octanol–water partition coefficient (Wildman–Crippen LogP) is 2.59. The van der Waals surface area contributed by atoms with E-state index in [9.17, 15) is 9.59 Å². The first-order chi connectivity index (χ1) is 8.97. The van der Waals surface area contributed by atoms with Gasteiger partial charge in [0.2, 0.25) is 5.76 Å². The molecule has 1 aromatic carbocycles. The molecule has 98 valence electrons. The van der Waals surface area contributed by atoms with Gasteiger partial charge in [0.1, 0.15) is 0 Å². The second-order valence-electron chi connectivity index (χ2n) is 3.78. The van der Waals surface area contributed by atoms with Gasteiger partial charge in [0.15, 0.2) is 0 Å². The number of nitrogens with one attached hydrogen (secondary N) is 1. The molecular weight excluding hydrogens is 272 g/mol. The first-order valence-electron chi connectivity index (χ1n) is 5.25. The maximum atomic E-state index is 11.8. The molecule has 0 fully saturated rings. The zero-order chi connectivity index (χ0) is 14.0. The fourth-order valence-corrected chi connectivity index (χ4v) is 1.63. The fourth-order valence-electron chi connectivity index (χ4n) is 1.46. The third-order valence-electron chi connectivity index (χ3n) is 2.31. The zero-order valence-electron chi connectivity index (χ0n) is 9.81. The number of aromatic carboxylic acids is 1. The molecule has 1 aromatic heterocycles. The third kappa shape index (κ3) is 2.92. The number of anilines is 1. The summed E-state index contributed by atoms with van der Waals surface area (Å²) in [5, 5.41) is 15.3. The van der Waals surface area contributed by atoms with E-state index in [0.717, 1.165) is 0 Å². The molecule has 0 atom stereocenters. The SMILES string of the molecule is Cc1cc(C(=O)Nc2ccc(Cl)cc2C(=O)O)on1. The van der Waals surface area contributed by atoms with Crippen molar-refractivity contribution in [1.29, 1.82) is 0 Å². The topological polar surface area (TPSA) is 92.4 Å². The van der Waals surface area contributed by atoms with E-state index in [4.69, 9.17) is 21.2 Å². The highest BCUT2D eigenvalue weighted by atomic mass is 35.5. The van der Waals surface area contributed by atoms with Crippen molar-refractivity contribution < 1.29 is 19.2 Å². The molecule has 0 aliphatic heterocycles. The molecule has 0 unspecified atom stereocenters. The smallest absolute Gasteiger partial charge is 0.337 e. The van der Waals surface area contributed by atoms with Crippen molar-refractivity contribution in [3.63, 3.8) is 0 Å². The Labute approximate surface area is 113 Å². The van der Waals surface area contributed by atoms with Crippen LogP contribution in [0.15, 0.2) is 28.8 Å². The van der Waals surface area contributed by atoms with Gasteiger partial charge in [-0.05, 0) is 25.1 Å². The van der Waals surface area contributed by atoms with E-state index >= 15 is 0 Å². The van der Waals surface area contributed by atoms with Crippen molar-refractivity contribution in [3.05, 3.63) is 46.3 Å². The number of carbonyl (C=O) groups is 2. The first kappa shape index (κ1) is 13.1. The van der Waals surface area contributed by atoms with Crippen LogP contribution >= 0.6 is 11.6 Å². The van der Waals surface area contributed by atoms with E-state index in [1.54, 1.807) is 6.92 Å². The van der Waals surface area contributed by atoms with Crippen molar-refractivity contribution in [3.8, 4) is 0 Å². The molecule has 6 nitrogen and oxygen atoms in total. The zero-order valence-corrected chi connectivity index (χ0v) is 10.6. The number of nitrogens with zero attached hydrogens (tertiary/aromatic N) is 1. The summed E-state index contributed by atoms with van der Waals surface area (Å²) in [6.45, 7) is 1.67. The van der Waals surface area contributed by atoms with Gasteiger partial charge >= 0.3 is 5.97 Å². The number of carbonyl (C=O) groups excluding carboxylic acids is 1. The molecule has 0 spiro atoms. The Kier molecular flexibility index (Phi) is 3.52. The molecule has 7 heteroatoms. The normalized spacial score (nSPS) is 10.2. The number of aromatic nitrogens is 1. The molecular formula is C12H9ClN2O4. The van der Waals surface area contributed by atoms with Gasteiger partial charge in [0.25, 0.3) is 5.91 Å². The van der Waals surface area contributed by atoms with E-state index in [2.05, 4.69) is 10.5 Å². The third-order valence-corrected chi connectivity index (χ3v) is 2.55. The fraction of sp³-hybridized carbons (Fsp3) is 0.0833. The number of hydrogen-bond donors (Lipinski definition) is 2. The molecule has 1 amide bonds. The Morgan fingerprint density at radius 1 is 1.37 bits per heavy atom. The lowest BCUT2D eigenvalue weighted by Gasteiger charge is -2.07. The van der Waals surface area contributed by atoms with Crippen LogP contribution in [0.3, 0.4) is 0 Å². The highest BCUT2D eigenvalue weighted by Gasteiger charge is 2.16. The van der Waals surface area contributed by atoms with Crippen LogP contribution in [0.5, 0.6) is 0 Å². The number of rotatable bonds is 3. The number of carboxylic acids is 1. The highest BCUT2D eigenvalue weighted by molar-refractivity contribution is 6.31. The summed E-state index contributed by atoms with van der Waals surface area (Å²) < 4.78 is 4.79. The van der Waals surface area contributed by atoms with Gasteiger partial charge < -0.3 is 14.9 Å². The van der Waals surface area contributed by atoms with Crippen LogP contribution < -0.4 is 5.32 Å². The lowest BCUT2D eigenvalue weighted by molar-refractivity contribution is 0.0698. The molecule has 1 heterocycles. The molecule has 0 bridgehead atoms. The maximum absolute atomic E-state index is 11.8. The van der Waals surface area contributed by atoms with E-state index in [0.29, 0.717) is 5.69 Å². The summed E-state index contributed by atoms with van der Waals surface area (Å²) in [6.07, 6.45) is 0. The summed E-state index contributed by atoms with van der Waals surface area (Å²) in [5.74, 6) is -1.76. The number of amides is 1. The lowest BCUT2D eigenvalue weighted by atomic mass is 10.1. The second-order valence-corrected chi connectivity index (χ2v) is 4.22. The number of hydrogen-bond acceptors (Lipinski definition) is 4. The van der Waals surface area contributed by atoms with Gasteiger partial charge in [-0.1, -0.05) is 16.8 Å². The van der Waals surface area contributed by atoms with Crippen LogP contribution in [-0.2, 0) is 0 Å². The quantitative estimate of drug-likeness (QED) is 0.901. The van der Waals surface area contributed by atoms with Crippen molar-refractivity contribution in [2.45, 2.75) is 6.92 Å². The predicted molar refractivity (Wildman–Crippen MR) is 67.6 cm³/mol. The molecule has 0 aliphatic carbocycles. The average Bonchev–Trinajstić information content (AvgIpc) is 2.78. The Balaban J connectivity index is 2.28. The molecule has 2 rings (SSSR count). The van der Waals surface area contributed by atoms with Crippen molar-refractivity contribution in [2.75, 3.05) is 5.32 Å². The number of benzene rings is 1. The maximum Gasteiger partial charge on any atom is 0.337 e. The van der Waals surface area contributed by atoms with Crippen molar-refractivity contribution >= 4 is 29.2 Å². The summed E-state index contributed by atoms with van der Waals surface area (Å²) in [4.78, 5) is 22.9. The van der Waals surface area contributed by atoms with Crippen LogP contribution in [0, 0.1) is 6.92 Å². The van der Waals surface area contributed by atoms with Gasteiger partial charge in [0.05, 0.1) is 16.9 Å². The lowest BCUT2D eigenvalue weighted by Crippen LogP contribution is -2.14. The van der Waals surface area contributed by atoms with E-state index in [-0.39, 0.29) is 22.0 Å². The Bertz CT molecular complexity index is 651. The number of aryl methyl sites for hydroxylation is 1. The second kappa shape index (κ2) is 5.11. The summed E-state index contributed by atoms with van der Waals surface area (Å²) in [6, 6.07) is 5.60. The highest BCUT2D eigenvalue weighted by Crippen LogP contribution is 2.21. The van der Waals surface area contributed by atoms with Crippen LogP contribution in [-0.4, -0.2) is 22.1 Å². The first-order valence-corrected chi connectivity index (χ1v) is 5.62. The average molecular weight is 281 g/mol. The van der Waals surface area contributed by atoms with E-state index < -0.39 is 11.9 Å². The Morgan fingerprint density at radius 2 is 2.11 bits per heavy atom. The minimum Gasteiger partial charge on any atom is -0.478 e. The molecule has 2 N–H and O–H groups in total. The molecule has 0 saturated carbocycles. The van der Waals surface area contributed by atoms with Gasteiger partial charge in [-0.15, -0.1) is 0 Å². The molecule has 0 aliphatic rings. The number of halogens is 1. The Morgan fingerprint density at radius 3 is 2.68 bits per heavy atom. The van der Waals surface area contributed by atoms with E-state index in [1.807, 2.05) is 0 Å². The largest absolute Gasteiger partial charge is 0.478 e. The molecule has 2 aromatic rings. The monoisotopic (exact) mass is 280 g/mol. The summed E-state index contributed by atoms with van der Waals surface area (Å²) in [7, 11) is 0. The standard InChI is InChI=1S/C12H9ClN2O4/c1-6-4-10(19-15-6)11(16)14-9-3-2-7(13)5-8(9)12(17)18/h2-5H,1H3,(H,14,16)(H,17,18). The Hall–Kier alpha value is -2.34. The molecule has 19 heavy (non-hydrogen) atoms. The van der Waals surface area contributed by atoms with Gasteiger partial charge in [0, 0.05) is 11.1 Å². The van der Waals surface area contributed by atoms with Gasteiger partial charge in [-0.3, -0.25) is 4.79 Å². The molecule has 0 radical (unpaired) electrons. The van der Waals surface area contributed by atoms with Crippen molar-refractivity contribution in [1.82, 2.24) is 5.16 Å². The van der Waals surface area contributed by atoms with Crippen LogP contribution in [0.25, 0.3) is 0 Å². The van der Waals surface area contributed by atoms with E-state index in [1.165, 1.54) is 24.3 Å². The van der Waals surface area contributed by atoms with Crippen molar-refractivity contribution in [2.24, 2.45) is 0 Å². The summed E-state index contributed by atoms with van der Waals surface area (Å²) >= 11 is 5.71. The minimum absolute atomic E-state index is 0.00351. The van der Waals surface area contributed by atoms with Gasteiger partial charge in [-0.25, -0.2) is 4.79 Å². The summed E-state index contributed by atoms with van der Waals surface area (Å²) in [5.41, 5.74) is 0.591. The van der Waals surface area contributed by atoms with Crippen LogP contribution in [0.2, 0.25) is 5.02 Å². The minimum atomic E-state index is -1.19. The van der Waals surface area contributed by atoms with Crippen LogP contribution in [0.1, 0.15) is 26.6 Å². The number of carboxylic acid groups (broad SMARTS) is 1. The molecule has 0 saturated heterocycles. The van der Waals surface area contributed by atoms with Crippen LogP contribution in [0.4, 0.5) is 5.69 Å².